The second-order valence-electron chi connectivity index (χ2n) is 6.25. The Morgan fingerprint density at radius 2 is 1.80 bits per heavy atom. The molecule has 1 atom stereocenters. The summed E-state index contributed by atoms with van der Waals surface area (Å²) >= 11 is 0. The first kappa shape index (κ1) is 15.8. The third kappa shape index (κ3) is 4.74. The van der Waals surface area contributed by atoms with Crippen LogP contribution in [-0.2, 0) is 4.79 Å². The van der Waals surface area contributed by atoms with Crippen LogP contribution in [-0.4, -0.2) is 59.6 Å². The molecule has 4 nitrogen and oxygen atoms in total. The fourth-order valence-corrected chi connectivity index (χ4v) is 3.56. The monoisotopic (exact) mass is 282 g/mol. The fourth-order valence-electron chi connectivity index (χ4n) is 3.56. The number of carbonyl (C=O) groups excluding carboxylic acids is 1. The van der Waals surface area contributed by atoms with E-state index in [1.54, 1.807) is 0 Å². The summed E-state index contributed by atoms with van der Waals surface area (Å²) < 4.78 is 0. The van der Waals surface area contributed by atoms with Gasteiger partial charge < -0.3 is 14.9 Å². The third-order valence-corrected chi connectivity index (χ3v) is 4.72. The molecule has 2 aliphatic rings. The molecule has 2 fully saturated rings. The molecule has 2 rings (SSSR count). The van der Waals surface area contributed by atoms with Crippen LogP contribution in [0.4, 0.5) is 0 Å². The number of nitrogens with zero attached hydrogens (tertiary/aromatic N) is 2. The lowest BCUT2D eigenvalue weighted by Crippen LogP contribution is -2.44. The maximum absolute atomic E-state index is 12.4. The van der Waals surface area contributed by atoms with Crippen molar-refractivity contribution in [3.63, 3.8) is 0 Å². The van der Waals surface area contributed by atoms with Gasteiger partial charge in [0.05, 0.1) is 0 Å². The molecule has 0 spiro atoms. The highest BCUT2D eigenvalue weighted by Crippen LogP contribution is 2.21. The van der Waals surface area contributed by atoms with Crippen molar-refractivity contribution in [3.05, 3.63) is 0 Å². The molecule has 4 heteroatoms. The van der Waals surface area contributed by atoms with Gasteiger partial charge in [0.25, 0.3) is 0 Å². The van der Waals surface area contributed by atoms with Crippen molar-refractivity contribution in [1.29, 1.82) is 0 Å². The average Bonchev–Trinajstić information content (AvgIpc) is 2.49. The molecule has 2 saturated heterocycles. The Bertz CT molecular complexity index is 288. The molecule has 1 unspecified atom stereocenters. The van der Waals surface area contributed by atoms with E-state index >= 15 is 0 Å². The van der Waals surface area contributed by atoms with E-state index in [1.165, 1.54) is 38.8 Å². The minimum absolute atomic E-state index is 0.197. The second-order valence-corrected chi connectivity index (χ2v) is 6.25. The summed E-state index contributed by atoms with van der Waals surface area (Å²) in [6.07, 6.45) is 9.81. The topological polar surface area (TPSA) is 43.8 Å². The molecule has 0 aliphatic carbocycles. The highest BCUT2D eigenvalue weighted by atomic mass is 16.3. The van der Waals surface area contributed by atoms with E-state index < -0.39 is 0 Å². The first-order valence-corrected chi connectivity index (χ1v) is 8.44. The molecule has 0 saturated carbocycles. The van der Waals surface area contributed by atoms with Gasteiger partial charge in [-0.1, -0.05) is 6.42 Å². The quantitative estimate of drug-likeness (QED) is 0.810. The molecular weight excluding hydrogens is 252 g/mol. The van der Waals surface area contributed by atoms with Gasteiger partial charge in [-0.2, -0.15) is 0 Å². The number of carbonyl (C=O) groups is 1. The number of likely N-dealkylation sites (tertiary alicyclic amines) is 2. The number of hydrogen-bond donors (Lipinski definition) is 1. The maximum atomic E-state index is 12.4. The number of amides is 1. The number of rotatable bonds is 6. The highest BCUT2D eigenvalue weighted by molar-refractivity contribution is 5.76. The maximum Gasteiger partial charge on any atom is 0.222 e. The van der Waals surface area contributed by atoms with Crippen molar-refractivity contribution in [2.45, 2.75) is 63.8 Å². The van der Waals surface area contributed by atoms with Gasteiger partial charge in [0.1, 0.15) is 0 Å². The second kappa shape index (κ2) is 8.63. The van der Waals surface area contributed by atoms with E-state index in [1.807, 2.05) is 4.90 Å². The van der Waals surface area contributed by atoms with Gasteiger partial charge in [0, 0.05) is 25.6 Å². The zero-order valence-electron chi connectivity index (χ0n) is 12.7. The van der Waals surface area contributed by atoms with Crippen molar-refractivity contribution in [1.82, 2.24) is 9.80 Å². The summed E-state index contributed by atoms with van der Waals surface area (Å²) in [5.41, 5.74) is 0. The molecule has 0 aromatic carbocycles. The Hall–Kier alpha value is -0.610. The Labute approximate surface area is 123 Å². The number of aliphatic hydroxyl groups is 1. The van der Waals surface area contributed by atoms with Crippen LogP contribution in [0.15, 0.2) is 0 Å². The van der Waals surface area contributed by atoms with E-state index in [2.05, 4.69) is 4.90 Å². The summed E-state index contributed by atoms with van der Waals surface area (Å²) in [6.45, 7) is 4.59. The lowest BCUT2D eigenvalue weighted by Gasteiger charge is -2.36. The third-order valence-electron chi connectivity index (χ3n) is 4.72. The Balaban J connectivity index is 1.69. The number of piperidine rings is 2. The summed E-state index contributed by atoms with van der Waals surface area (Å²) in [5.74, 6) is 0.306. The molecule has 1 N–H and O–H groups in total. The first-order chi connectivity index (χ1) is 9.81. The average molecular weight is 282 g/mol. The molecule has 1 amide bonds. The van der Waals surface area contributed by atoms with Crippen molar-refractivity contribution < 1.29 is 9.90 Å². The fraction of sp³-hybridized carbons (Fsp3) is 0.938. The van der Waals surface area contributed by atoms with Gasteiger partial charge in [-0.3, -0.25) is 4.79 Å². The van der Waals surface area contributed by atoms with E-state index in [9.17, 15) is 4.79 Å². The van der Waals surface area contributed by atoms with Crippen LogP contribution >= 0.6 is 0 Å². The van der Waals surface area contributed by atoms with Crippen molar-refractivity contribution in [2.24, 2.45) is 0 Å². The minimum atomic E-state index is 0.197. The largest absolute Gasteiger partial charge is 0.396 e. The van der Waals surface area contributed by atoms with E-state index in [0.717, 1.165) is 38.8 Å². The molecule has 2 heterocycles. The van der Waals surface area contributed by atoms with Gasteiger partial charge in [0.15, 0.2) is 0 Å². The van der Waals surface area contributed by atoms with Crippen molar-refractivity contribution >= 4 is 5.91 Å². The normalized spacial score (nSPS) is 24.9. The van der Waals surface area contributed by atoms with Gasteiger partial charge in [0.2, 0.25) is 5.91 Å². The summed E-state index contributed by atoms with van der Waals surface area (Å²) in [5, 5.41) is 9.12. The van der Waals surface area contributed by atoms with E-state index in [0.29, 0.717) is 12.3 Å². The van der Waals surface area contributed by atoms with E-state index in [4.69, 9.17) is 5.11 Å². The van der Waals surface area contributed by atoms with Crippen molar-refractivity contribution in [2.75, 3.05) is 32.8 Å². The SMILES string of the molecule is O=C(CCCN1CCCCC1)N1CCCCC1CCO. The Morgan fingerprint density at radius 1 is 1.05 bits per heavy atom. The van der Waals surface area contributed by atoms with Gasteiger partial charge >= 0.3 is 0 Å². The van der Waals surface area contributed by atoms with Crippen molar-refractivity contribution in [3.8, 4) is 0 Å². The number of aliphatic hydroxyl groups excluding tert-OH is 1. The summed E-state index contributed by atoms with van der Waals surface area (Å²) in [6, 6.07) is 0.288. The first-order valence-electron chi connectivity index (χ1n) is 8.44. The molecule has 0 aromatic rings. The van der Waals surface area contributed by atoms with Crippen LogP contribution in [0.5, 0.6) is 0 Å². The molecule has 0 radical (unpaired) electrons. The van der Waals surface area contributed by atoms with Crippen LogP contribution in [0.3, 0.4) is 0 Å². The van der Waals surface area contributed by atoms with Crippen LogP contribution in [0, 0.1) is 0 Å². The lowest BCUT2D eigenvalue weighted by molar-refractivity contribution is -0.135. The molecule has 20 heavy (non-hydrogen) atoms. The van der Waals surface area contributed by atoms with Gasteiger partial charge in [-0.05, 0) is 64.6 Å². The van der Waals surface area contributed by atoms with Crippen LogP contribution in [0.1, 0.15) is 57.8 Å². The van der Waals surface area contributed by atoms with Gasteiger partial charge in [-0.25, -0.2) is 0 Å². The molecule has 116 valence electrons. The zero-order chi connectivity index (χ0) is 14.2. The smallest absolute Gasteiger partial charge is 0.222 e. The molecule has 2 aliphatic heterocycles. The van der Waals surface area contributed by atoms with Crippen LogP contribution in [0.25, 0.3) is 0 Å². The Kier molecular flexibility index (Phi) is 6.80. The standard InChI is InChI=1S/C16H30N2O2/c19-14-9-15-7-2-5-13-18(15)16(20)8-6-12-17-10-3-1-4-11-17/h15,19H,1-14H2. The molecule has 0 bridgehead atoms. The lowest BCUT2D eigenvalue weighted by atomic mass is 9.99. The predicted molar refractivity (Wildman–Crippen MR) is 80.6 cm³/mol. The molecule has 0 aromatic heterocycles. The summed E-state index contributed by atoms with van der Waals surface area (Å²) in [4.78, 5) is 16.9. The van der Waals surface area contributed by atoms with Crippen LogP contribution in [0.2, 0.25) is 0 Å². The van der Waals surface area contributed by atoms with Gasteiger partial charge in [-0.15, -0.1) is 0 Å². The van der Waals surface area contributed by atoms with Crippen LogP contribution < -0.4 is 0 Å². The minimum Gasteiger partial charge on any atom is -0.396 e. The summed E-state index contributed by atoms with van der Waals surface area (Å²) in [7, 11) is 0. The number of hydrogen-bond acceptors (Lipinski definition) is 3. The highest BCUT2D eigenvalue weighted by Gasteiger charge is 2.25. The molecular formula is C16H30N2O2. The predicted octanol–water partition coefficient (Wildman–Crippen LogP) is 2.02. The van der Waals surface area contributed by atoms with E-state index in [-0.39, 0.29) is 12.6 Å². The Morgan fingerprint density at radius 3 is 2.55 bits per heavy atom. The zero-order valence-corrected chi connectivity index (χ0v) is 12.7.